The third-order valence-corrected chi connectivity index (χ3v) is 5.16. The largest absolute Gasteiger partial charge is 0.525 e. The lowest BCUT2D eigenvalue weighted by Gasteiger charge is -2.32. The SMILES string of the molecule is CC1(C)OB(C(F)=C(c2ccoc2)c2cccs2)OC1(C)C. The number of furan rings is 1. The lowest BCUT2D eigenvalue weighted by molar-refractivity contribution is 0.00578. The summed E-state index contributed by atoms with van der Waals surface area (Å²) in [5, 5.41) is 1.91. The average Bonchev–Trinajstić information content (AvgIpc) is 3.13. The van der Waals surface area contributed by atoms with Crippen molar-refractivity contribution >= 4 is 24.0 Å². The van der Waals surface area contributed by atoms with Gasteiger partial charge in [0.05, 0.1) is 23.7 Å². The maximum absolute atomic E-state index is 15.2. The molecule has 3 nitrogen and oxygen atoms in total. The first-order chi connectivity index (χ1) is 10.3. The summed E-state index contributed by atoms with van der Waals surface area (Å²) < 4.78 is 31.9. The van der Waals surface area contributed by atoms with Crippen molar-refractivity contribution in [2.75, 3.05) is 0 Å². The zero-order chi connectivity index (χ0) is 16.0. The van der Waals surface area contributed by atoms with Gasteiger partial charge < -0.3 is 13.7 Å². The van der Waals surface area contributed by atoms with Crippen LogP contribution in [0, 0.1) is 0 Å². The van der Waals surface area contributed by atoms with Crippen molar-refractivity contribution in [1.82, 2.24) is 0 Å². The molecule has 1 saturated heterocycles. The molecule has 0 aromatic carbocycles. The van der Waals surface area contributed by atoms with Crippen molar-refractivity contribution in [3.05, 3.63) is 52.3 Å². The van der Waals surface area contributed by atoms with Crippen LogP contribution in [0.4, 0.5) is 4.39 Å². The molecule has 0 N–H and O–H groups in total. The molecule has 1 fully saturated rings. The van der Waals surface area contributed by atoms with E-state index in [9.17, 15) is 0 Å². The standard InChI is InChI=1S/C16H18BFO3S/c1-15(2)16(3,4)21-17(20-15)14(18)13(11-7-8-19-10-11)12-6-5-9-22-12/h5-10H,1-4H3. The Morgan fingerprint density at radius 2 is 1.82 bits per heavy atom. The summed E-state index contributed by atoms with van der Waals surface area (Å²) in [7, 11) is -1.02. The Bertz CT molecular complexity index is 622. The molecule has 0 amide bonds. The van der Waals surface area contributed by atoms with Gasteiger partial charge in [0.25, 0.3) is 0 Å². The average molecular weight is 320 g/mol. The molecule has 0 radical (unpaired) electrons. The van der Waals surface area contributed by atoms with Gasteiger partial charge in [-0.05, 0) is 45.2 Å². The minimum absolute atomic E-state index is 0.428. The Balaban J connectivity index is 2.05. The second-order valence-electron chi connectivity index (χ2n) is 6.30. The highest BCUT2D eigenvalue weighted by Crippen LogP contribution is 2.41. The first-order valence-corrected chi connectivity index (χ1v) is 8.01. The summed E-state index contributed by atoms with van der Waals surface area (Å²) in [5.41, 5.74) is -0.447. The molecule has 3 heterocycles. The fraction of sp³-hybridized carbons (Fsp3) is 0.375. The molecule has 0 saturated carbocycles. The Hall–Kier alpha value is -1.37. The summed E-state index contributed by atoms with van der Waals surface area (Å²) in [5.74, 6) is 0. The third-order valence-electron chi connectivity index (χ3n) is 4.28. The zero-order valence-corrected chi connectivity index (χ0v) is 13.9. The van der Waals surface area contributed by atoms with Crippen molar-refractivity contribution in [2.45, 2.75) is 38.9 Å². The molecule has 116 valence electrons. The van der Waals surface area contributed by atoms with Crippen LogP contribution in [0.25, 0.3) is 5.57 Å². The number of hydrogen-bond donors (Lipinski definition) is 0. The van der Waals surface area contributed by atoms with Crippen molar-refractivity contribution < 1.29 is 18.1 Å². The highest BCUT2D eigenvalue weighted by atomic mass is 32.1. The van der Waals surface area contributed by atoms with Crippen LogP contribution in [0.3, 0.4) is 0 Å². The molecule has 22 heavy (non-hydrogen) atoms. The number of thiophene rings is 1. The molecule has 1 aliphatic rings. The van der Waals surface area contributed by atoms with Gasteiger partial charge in [0.15, 0.2) is 0 Å². The van der Waals surface area contributed by atoms with Crippen LogP contribution in [0.5, 0.6) is 0 Å². The molecular weight excluding hydrogens is 302 g/mol. The van der Waals surface area contributed by atoms with Crippen molar-refractivity contribution in [1.29, 1.82) is 0 Å². The Morgan fingerprint density at radius 3 is 2.32 bits per heavy atom. The van der Waals surface area contributed by atoms with Crippen LogP contribution in [-0.2, 0) is 9.31 Å². The van der Waals surface area contributed by atoms with E-state index in [1.807, 2.05) is 45.2 Å². The fourth-order valence-electron chi connectivity index (χ4n) is 2.29. The predicted molar refractivity (Wildman–Crippen MR) is 86.2 cm³/mol. The van der Waals surface area contributed by atoms with Crippen LogP contribution in [0.15, 0.2) is 46.2 Å². The summed E-state index contributed by atoms with van der Waals surface area (Å²) >= 11 is 1.47. The minimum Gasteiger partial charge on any atom is -0.472 e. The molecule has 2 aromatic heterocycles. The molecule has 0 bridgehead atoms. The first kappa shape index (κ1) is 15.5. The Morgan fingerprint density at radius 1 is 1.14 bits per heavy atom. The lowest BCUT2D eigenvalue weighted by Crippen LogP contribution is -2.41. The Labute approximate surface area is 133 Å². The second-order valence-corrected chi connectivity index (χ2v) is 7.25. The molecular formula is C16H18BFO3S. The van der Waals surface area contributed by atoms with E-state index >= 15 is 4.39 Å². The van der Waals surface area contributed by atoms with E-state index in [2.05, 4.69) is 0 Å². The van der Waals surface area contributed by atoms with Gasteiger partial charge >= 0.3 is 7.12 Å². The maximum atomic E-state index is 15.2. The second kappa shape index (κ2) is 5.37. The van der Waals surface area contributed by atoms with Crippen LogP contribution in [-0.4, -0.2) is 18.3 Å². The number of hydrogen-bond acceptors (Lipinski definition) is 4. The van der Waals surface area contributed by atoms with Crippen molar-refractivity contribution in [2.24, 2.45) is 0 Å². The summed E-state index contributed by atoms with van der Waals surface area (Å²) in [6.45, 7) is 7.62. The van der Waals surface area contributed by atoms with Gasteiger partial charge in [-0.2, -0.15) is 0 Å². The lowest BCUT2D eigenvalue weighted by atomic mass is 9.82. The highest BCUT2D eigenvalue weighted by Gasteiger charge is 2.53. The van der Waals surface area contributed by atoms with E-state index in [0.29, 0.717) is 11.1 Å². The summed E-state index contributed by atoms with van der Waals surface area (Å²) in [4.78, 5) is 0.814. The van der Waals surface area contributed by atoms with Crippen LogP contribution in [0.2, 0.25) is 0 Å². The molecule has 0 atom stereocenters. The van der Waals surface area contributed by atoms with Gasteiger partial charge in [-0.3, -0.25) is 0 Å². The van der Waals surface area contributed by atoms with Gasteiger partial charge in [-0.25, -0.2) is 4.39 Å². The van der Waals surface area contributed by atoms with Gasteiger partial charge in [0, 0.05) is 16.0 Å². The monoisotopic (exact) mass is 320 g/mol. The quantitative estimate of drug-likeness (QED) is 0.768. The summed E-state index contributed by atoms with van der Waals surface area (Å²) in [6.07, 6.45) is 3.06. The van der Waals surface area contributed by atoms with E-state index in [-0.39, 0.29) is 0 Å². The van der Waals surface area contributed by atoms with Crippen LogP contribution >= 0.6 is 11.3 Å². The maximum Gasteiger partial charge on any atom is 0.525 e. The van der Waals surface area contributed by atoms with E-state index in [0.717, 1.165) is 4.88 Å². The predicted octanol–water partition coefficient (Wildman–Crippen LogP) is 4.70. The van der Waals surface area contributed by atoms with E-state index < -0.39 is 24.0 Å². The molecule has 6 heteroatoms. The molecule has 0 spiro atoms. The van der Waals surface area contributed by atoms with E-state index in [1.54, 1.807) is 6.07 Å². The number of halogens is 1. The van der Waals surface area contributed by atoms with E-state index in [1.165, 1.54) is 23.9 Å². The summed E-state index contributed by atoms with van der Waals surface area (Å²) in [6, 6.07) is 5.50. The minimum atomic E-state index is -1.02. The zero-order valence-electron chi connectivity index (χ0n) is 13.1. The van der Waals surface area contributed by atoms with Crippen molar-refractivity contribution in [3.63, 3.8) is 0 Å². The third kappa shape index (κ3) is 2.55. The van der Waals surface area contributed by atoms with E-state index in [4.69, 9.17) is 13.7 Å². The molecule has 2 aromatic rings. The van der Waals surface area contributed by atoms with Crippen molar-refractivity contribution in [3.8, 4) is 0 Å². The van der Waals surface area contributed by atoms with Gasteiger partial charge in [0.2, 0.25) is 0 Å². The molecule has 1 aliphatic heterocycles. The van der Waals surface area contributed by atoms with Gasteiger partial charge in [-0.1, -0.05) is 6.07 Å². The topological polar surface area (TPSA) is 31.6 Å². The smallest absolute Gasteiger partial charge is 0.472 e. The fourth-order valence-corrected chi connectivity index (χ4v) is 3.08. The van der Waals surface area contributed by atoms with Crippen LogP contribution in [0.1, 0.15) is 38.1 Å². The molecule has 3 rings (SSSR count). The van der Waals surface area contributed by atoms with Gasteiger partial charge in [0.1, 0.15) is 5.73 Å². The highest BCUT2D eigenvalue weighted by molar-refractivity contribution is 7.11. The van der Waals surface area contributed by atoms with Crippen LogP contribution < -0.4 is 0 Å². The molecule has 0 unspecified atom stereocenters. The number of rotatable bonds is 3. The Kier molecular flexibility index (Phi) is 3.79. The first-order valence-electron chi connectivity index (χ1n) is 7.13. The normalized spacial score (nSPS) is 21.0. The van der Waals surface area contributed by atoms with Gasteiger partial charge in [-0.15, -0.1) is 11.3 Å². The molecule has 0 aliphatic carbocycles.